The summed E-state index contributed by atoms with van der Waals surface area (Å²) in [6, 6.07) is 4.91. The Morgan fingerprint density at radius 3 is 2.71 bits per heavy atom. The number of amides is 2. The fourth-order valence-corrected chi connectivity index (χ4v) is 2.94. The van der Waals surface area contributed by atoms with Crippen LogP contribution in [0.5, 0.6) is 5.75 Å². The van der Waals surface area contributed by atoms with Gasteiger partial charge in [0.15, 0.2) is 0 Å². The molecule has 21 heavy (non-hydrogen) atoms. The number of carbonyl (C=O) groups is 2. The van der Waals surface area contributed by atoms with E-state index in [1.807, 2.05) is 19.9 Å². The summed E-state index contributed by atoms with van der Waals surface area (Å²) in [4.78, 5) is 25.7. The zero-order chi connectivity index (χ0) is 15.6. The molecule has 6 heteroatoms. The van der Waals surface area contributed by atoms with Crippen LogP contribution in [-0.2, 0) is 4.79 Å². The zero-order valence-electron chi connectivity index (χ0n) is 11.6. The van der Waals surface area contributed by atoms with Crippen molar-refractivity contribution in [1.29, 1.82) is 0 Å². The van der Waals surface area contributed by atoms with Crippen LogP contribution in [0.3, 0.4) is 0 Å². The van der Waals surface area contributed by atoms with Gasteiger partial charge in [-0.15, -0.1) is 0 Å². The van der Waals surface area contributed by atoms with Gasteiger partial charge in [-0.25, -0.2) is 0 Å². The minimum Gasteiger partial charge on any atom is -0.507 e. The lowest BCUT2D eigenvalue weighted by atomic mass is 10.2. The van der Waals surface area contributed by atoms with Crippen molar-refractivity contribution in [2.45, 2.75) is 13.8 Å². The van der Waals surface area contributed by atoms with Crippen LogP contribution in [0.25, 0.3) is 6.08 Å². The molecule has 2 amide bonds. The van der Waals surface area contributed by atoms with Gasteiger partial charge in [-0.05, 0) is 65.3 Å². The van der Waals surface area contributed by atoms with E-state index in [1.54, 1.807) is 18.2 Å². The zero-order valence-corrected chi connectivity index (χ0v) is 14.0. The first-order valence-corrected chi connectivity index (χ1v) is 7.86. The number of hydrogen-bond acceptors (Lipinski definition) is 4. The van der Waals surface area contributed by atoms with E-state index in [2.05, 4.69) is 15.9 Å². The number of phenols is 1. The summed E-state index contributed by atoms with van der Waals surface area (Å²) in [6.07, 6.45) is 3.49. The number of rotatable bonds is 3. The predicted octanol–water partition coefficient (Wildman–Crippen LogP) is 4.16. The van der Waals surface area contributed by atoms with Crippen LogP contribution < -0.4 is 0 Å². The molecule has 0 unspecified atom stereocenters. The van der Waals surface area contributed by atoms with Crippen LogP contribution in [-0.4, -0.2) is 27.7 Å². The number of benzene rings is 1. The molecule has 0 aromatic heterocycles. The highest BCUT2D eigenvalue weighted by Crippen LogP contribution is 2.33. The lowest BCUT2D eigenvalue weighted by Crippen LogP contribution is -2.28. The van der Waals surface area contributed by atoms with E-state index in [1.165, 1.54) is 11.0 Å². The van der Waals surface area contributed by atoms with Gasteiger partial charge >= 0.3 is 0 Å². The Labute approximate surface area is 135 Å². The third-order valence-electron chi connectivity index (χ3n) is 2.83. The molecule has 0 saturated carbocycles. The van der Waals surface area contributed by atoms with Gasteiger partial charge in [0.1, 0.15) is 5.75 Å². The number of thioether (sulfide) groups is 1. The van der Waals surface area contributed by atoms with Gasteiger partial charge in [0.05, 0.1) is 9.38 Å². The van der Waals surface area contributed by atoms with E-state index in [0.717, 1.165) is 22.9 Å². The van der Waals surface area contributed by atoms with Gasteiger partial charge in [-0.1, -0.05) is 17.7 Å². The van der Waals surface area contributed by atoms with Crippen molar-refractivity contribution in [3.05, 3.63) is 44.8 Å². The molecule has 0 radical (unpaired) electrons. The van der Waals surface area contributed by atoms with E-state index in [-0.39, 0.29) is 16.9 Å². The molecule has 1 N–H and O–H groups in total. The van der Waals surface area contributed by atoms with Gasteiger partial charge in [-0.2, -0.15) is 0 Å². The fourth-order valence-electron chi connectivity index (χ4n) is 1.70. The monoisotopic (exact) mass is 367 g/mol. The second-order valence-corrected chi connectivity index (χ2v) is 6.63. The Kier molecular flexibility index (Phi) is 4.90. The molecular weight excluding hydrogens is 354 g/mol. The summed E-state index contributed by atoms with van der Waals surface area (Å²) in [5.74, 6) is -0.157. The van der Waals surface area contributed by atoms with Gasteiger partial charge in [0.25, 0.3) is 11.1 Å². The Bertz CT molecular complexity index is 663. The number of phenolic OH excluding ortho intramolecular Hbond substituents is 1. The standard InChI is InChI=1S/C15H14BrNO3S/c1-9(2)5-6-17-14(19)13(21-15(17)20)8-10-3-4-12(18)11(16)7-10/h3-5,7-8,18H,6H2,1-2H3/b13-8+. The largest absolute Gasteiger partial charge is 0.507 e. The summed E-state index contributed by atoms with van der Waals surface area (Å²) in [7, 11) is 0. The molecule has 0 bridgehead atoms. The highest BCUT2D eigenvalue weighted by atomic mass is 79.9. The molecule has 1 fully saturated rings. The van der Waals surface area contributed by atoms with Crippen LogP contribution >= 0.6 is 27.7 Å². The van der Waals surface area contributed by atoms with E-state index < -0.39 is 0 Å². The average Bonchev–Trinajstić information content (AvgIpc) is 2.67. The van der Waals surface area contributed by atoms with E-state index in [0.29, 0.717) is 15.9 Å². The first kappa shape index (κ1) is 15.9. The van der Waals surface area contributed by atoms with Crippen LogP contribution in [0.1, 0.15) is 19.4 Å². The van der Waals surface area contributed by atoms with Crippen LogP contribution in [0, 0.1) is 0 Å². The molecule has 1 aromatic carbocycles. The molecule has 110 valence electrons. The molecule has 0 spiro atoms. The first-order valence-electron chi connectivity index (χ1n) is 6.25. The quantitative estimate of drug-likeness (QED) is 0.643. The van der Waals surface area contributed by atoms with Crippen molar-refractivity contribution < 1.29 is 14.7 Å². The maximum Gasteiger partial charge on any atom is 0.293 e. The Morgan fingerprint density at radius 1 is 1.38 bits per heavy atom. The van der Waals surface area contributed by atoms with Crippen molar-refractivity contribution in [3.8, 4) is 5.75 Å². The van der Waals surface area contributed by atoms with Gasteiger partial charge in [0.2, 0.25) is 0 Å². The number of imide groups is 1. The van der Waals surface area contributed by atoms with Gasteiger partial charge < -0.3 is 5.11 Å². The van der Waals surface area contributed by atoms with Crippen LogP contribution in [0.2, 0.25) is 0 Å². The molecule has 0 aliphatic carbocycles. The fraction of sp³-hybridized carbons (Fsp3) is 0.200. The topological polar surface area (TPSA) is 57.6 Å². The summed E-state index contributed by atoms with van der Waals surface area (Å²) in [5.41, 5.74) is 1.80. The van der Waals surface area contributed by atoms with Gasteiger partial charge in [-0.3, -0.25) is 14.5 Å². The molecule has 1 heterocycles. The number of nitrogens with zero attached hydrogens (tertiary/aromatic N) is 1. The molecule has 1 saturated heterocycles. The lowest BCUT2D eigenvalue weighted by molar-refractivity contribution is -0.122. The van der Waals surface area contributed by atoms with E-state index >= 15 is 0 Å². The highest BCUT2D eigenvalue weighted by molar-refractivity contribution is 9.10. The minimum atomic E-state index is -0.285. The molecule has 1 aliphatic heterocycles. The Hall–Kier alpha value is -1.53. The van der Waals surface area contributed by atoms with Gasteiger partial charge in [0, 0.05) is 6.54 Å². The van der Waals surface area contributed by atoms with Crippen molar-refractivity contribution in [2.75, 3.05) is 6.54 Å². The van der Waals surface area contributed by atoms with E-state index in [4.69, 9.17) is 0 Å². The summed E-state index contributed by atoms with van der Waals surface area (Å²) in [5, 5.41) is 9.19. The highest BCUT2D eigenvalue weighted by Gasteiger charge is 2.34. The minimum absolute atomic E-state index is 0.129. The SMILES string of the molecule is CC(C)=CCN1C(=O)S/C(=C/c2ccc(O)c(Br)c2)C1=O. The van der Waals surface area contributed by atoms with Crippen LogP contribution in [0.4, 0.5) is 4.79 Å². The van der Waals surface area contributed by atoms with Crippen molar-refractivity contribution in [1.82, 2.24) is 4.90 Å². The molecule has 1 aromatic rings. The van der Waals surface area contributed by atoms with Crippen molar-refractivity contribution in [3.63, 3.8) is 0 Å². The average molecular weight is 368 g/mol. The predicted molar refractivity (Wildman–Crippen MR) is 87.9 cm³/mol. The smallest absolute Gasteiger partial charge is 0.293 e. The number of aromatic hydroxyl groups is 1. The summed E-state index contributed by atoms with van der Waals surface area (Å²) in [6.45, 7) is 4.13. The Balaban J connectivity index is 2.23. The summed E-state index contributed by atoms with van der Waals surface area (Å²) < 4.78 is 0.542. The van der Waals surface area contributed by atoms with E-state index in [9.17, 15) is 14.7 Å². The molecular formula is C15H14BrNO3S. The number of carbonyl (C=O) groups excluding carboxylic acids is 2. The maximum atomic E-state index is 12.2. The number of allylic oxidation sites excluding steroid dienone is 1. The molecule has 1 aliphatic rings. The molecule has 0 atom stereocenters. The molecule has 4 nitrogen and oxygen atoms in total. The lowest BCUT2D eigenvalue weighted by Gasteiger charge is -2.09. The van der Waals surface area contributed by atoms with Crippen LogP contribution in [0.15, 0.2) is 39.2 Å². The normalized spacial score (nSPS) is 16.7. The third kappa shape index (κ3) is 3.77. The summed E-state index contributed by atoms with van der Waals surface area (Å²) >= 11 is 4.15. The molecule has 2 rings (SSSR count). The first-order chi connectivity index (χ1) is 9.88. The number of hydrogen-bond donors (Lipinski definition) is 1. The van der Waals surface area contributed by atoms with Crippen molar-refractivity contribution in [2.24, 2.45) is 0 Å². The Morgan fingerprint density at radius 2 is 2.10 bits per heavy atom. The third-order valence-corrected chi connectivity index (χ3v) is 4.37. The second-order valence-electron chi connectivity index (χ2n) is 4.78. The number of halogens is 1. The maximum absolute atomic E-state index is 12.2. The van der Waals surface area contributed by atoms with Crippen molar-refractivity contribution >= 4 is 44.9 Å². The second kappa shape index (κ2) is 6.49.